The molecular formula is C11H13NO. The second kappa shape index (κ2) is 2.87. The number of anilines is 1. The Hall–Kier alpha value is -1.31. The molecule has 13 heavy (non-hydrogen) atoms. The van der Waals surface area contributed by atoms with E-state index in [-0.39, 0.29) is 5.91 Å². The molecule has 1 heterocycles. The highest BCUT2D eigenvalue weighted by molar-refractivity contribution is 6.01. The molecule has 2 nitrogen and oxygen atoms in total. The van der Waals surface area contributed by atoms with Gasteiger partial charge in [0.15, 0.2) is 0 Å². The van der Waals surface area contributed by atoms with Gasteiger partial charge in [0.25, 0.3) is 0 Å². The van der Waals surface area contributed by atoms with Crippen molar-refractivity contribution in [1.29, 1.82) is 0 Å². The van der Waals surface area contributed by atoms with Gasteiger partial charge in [-0.05, 0) is 23.6 Å². The Morgan fingerprint density at radius 3 is 2.92 bits per heavy atom. The van der Waals surface area contributed by atoms with Crippen LogP contribution in [0.2, 0.25) is 0 Å². The fourth-order valence-corrected chi connectivity index (χ4v) is 1.87. The molecular weight excluding hydrogens is 162 g/mol. The number of rotatable bonds is 1. The van der Waals surface area contributed by atoms with Crippen LogP contribution in [0, 0.1) is 0 Å². The first-order valence-corrected chi connectivity index (χ1v) is 4.61. The van der Waals surface area contributed by atoms with Gasteiger partial charge in [-0.25, -0.2) is 0 Å². The molecule has 0 spiro atoms. The number of likely N-dealkylation sites (N-methyl/N-ethyl adjacent to an activating group) is 1. The minimum atomic E-state index is 0.205. The molecule has 1 aliphatic heterocycles. The van der Waals surface area contributed by atoms with E-state index < -0.39 is 0 Å². The van der Waals surface area contributed by atoms with Crippen molar-refractivity contribution in [2.45, 2.75) is 19.8 Å². The van der Waals surface area contributed by atoms with Crippen LogP contribution in [-0.4, -0.2) is 13.0 Å². The zero-order valence-corrected chi connectivity index (χ0v) is 8.00. The van der Waals surface area contributed by atoms with Gasteiger partial charge in [-0.2, -0.15) is 0 Å². The summed E-state index contributed by atoms with van der Waals surface area (Å²) < 4.78 is 0. The number of carbonyl (C=O) groups excluding carboxylic acids is 1. The highest BCUT2D eigenvalue weighted by Crippen LogP contribution is 2.30. The lowest BCUT2D eigenvalue weighted by Gasteiger charge is -2.10. The second-order valence-electron chi connectivity index (χ2n) is 3.40. The van der Waals surface area contributed by atoms with Crippen LogP contribution in [0.1, 0.15) is 18.1 Å². The van der Waals surface area contributed by atoms with Crippen LogP contribution in [0.25, 0.3) is 0 Å². The van der Waals surface area contributed by atoms with Crippen LogP contribution in [0.4, 0.5) is 5.69 Å². The maximum atomic E-state index is 11.4. The maximum Gasteiger partial charge on any atom is 0.231 e. The van der Waals surface area contributed by atoms with Crippen LogP contribution in [0.15, 0.2) is 18.2 Å². The SMILES string of the molecule is CCc1cccc2c1CC(=O)N2C. The summed E-state index contributed by atoms with van der Waals surface area (Å²) in [5.41, 5.74) is 3.61. The molecule has 2 rings (SSSR count). The van der Waals surface area contributed by atoms with Crippen molar-refractivity contribution in [1.82, 2.24) is 0 Å². The fraction of sp³-hybridized carbons (Fsp3) is 0.364. The molecule has 1 aliphatic rings. The lowest BCUT2D eigenvalue weighted by molar-refractivity contribution is -0.117. The van der Waals surface area contributed by atoms with Crippen molar-refractivity contribution in [3.05, 3.63) is 29.3 Å². The summed E-state index contributed by atoms with van der Waals surface area (Å²) >= 11 is 0. The van der Waals surface area contributed by atoms with Crippen LogP contribution >= 0.6 is 0 Å². The smallest absolute Gasteiger partial charge is 0.231 e. The zero-order chi connectivity index (χ0) is 9.42. The monoisotopic (exact) mass is 175 g/mol. The predicted octanol–water partition coefficient (Wildman–Crippen LogP) is 1.77. The molecule has 0 atom stereocenters. The molecule has 0 aromatic heterocycles. The number of aryl methyl sites for hydroxylation is 1. The number of hydrogen-bond donors (Lipinski definition) is 0. The van der Waals surface area contributed by atoms with E-state index in [0.717, 1.165) is 12.1 Å². The first kappa shape index (κ1) is 8.30. The van der Waals surface area contributed by atoms with E-state index >= 15 is 0 Å². The van der Waals surface area contributed by atoms with Crippen molar-refractivity contribution in [3.63, 3.8) is 0 Å². The molecule has 0 fully saturated rings. The fourth-order valence-electron chi connectivity index (χ4n) is 1.87. The van der Waals surface area contributed by atoms with Gasteiger partial charge in [-0.15, -0.1) is 0 Å². The first-order chi connectivity index (χ1) is 6.24. The van der Waals surface area contributed by atoms with Crippen molar-refractivity contribution < 1.29 is 4.79 Å². The minimum Gasteiger partial charge on any atom is -0.315 e. The van der Waals surface area contributed by atoms with E-state index in [1.54, 1.807) is 4.90 Å². The molecule has 0 unspecified atom stereocenters. The van der Waals surface area contributed by atoms with Crippen LogP contribution in [0.3, 0.4) is 0 Å². The Bertz CT molecular complexity index is 357. The zero-order valence-electron chi connectivity index (χ0n) is 8.00. The Labute approximate surface area is 78.2 Å². The topological polar surface area (TPSA) is 20.3 Å². The van der Waals surface area contributed by atoms with Gasteiger partial charge in [-0.3, -0.25) is 4.79 Å². The third-order valence-electron chi connectivity index (χ3n) is 2.69. The third-order valence-corrected chi connectivity index (χ3v) is 2.69. The lowest BCUT2D eigenvalue weighted by Crippen LogP contribution is -2.20. The van der Waals surface area contributed by atoms with Crippen LogP contribution in [0.5, 0.6) is 0 Å². The van der Waals surface area contributed by atoms with E-state index in [1.165, 1.54) is 11.1 Å². The minimum absolute atomic E-state index is 0.205. The van der Waals surface area contributed by atoms with E-state index in [0.29, 0.717) is 6.42 Å². The number of fused-ring (bicyclic) bond motifs is 1. The van der Waals surface area contributed by atoms with E-state index in [1.807, 2.05) is 19.2 Å². The van der Waals surface area contributed by atoms with Crippen LogP contribution in [-0.2, 0) is 17.6 Å². The largest absolute Gasteiger partial charge is 0.315 e. The summed E-state index contributed by atoms with van der Waals surface area (Å²) in [6, 6.07) is 6.14. The number of benzene rings is 1. The van der Waals surface area contributed by atoms with E-state index in [2.05, 4.69) is 13.0 Å². The Morgan fingerprint density at radius 1 is 1.46 bits per heavy atom. The number of amides is 1. The van der Waals surface area contributed by atoms with Gasteiger partial charge in [0.1, 0.15) is 0 Å². The average molecular weight is 175 g/mol. The number of hydrogen-bond acceptors (Lipinski definition) is 1. The standard InChI is InChI=1S/C11H13NO/c1-3-8-5-4-6-10-9(8)7-11(13)12(10)2/h4-6H,3,7H2,1-2H3. The molecule has 1 amide bonds. The summed E-state index contributed by atoms with van der Waals surface area (Å²) in [5, 5.41) is 0. The molecule has 0 aliphatic carbocycles. The molecule has 0 bridgehead atoms. The van der Waals surface area contributed by atoms with Crippen molar-refractivity contribution in [3.8, 4) is 0 Å². The van der Waals surface area contributed by atoms with E-state index in [4.69, 9.17) is 0 Å². The molecule has 0 N–H and O–H groups in total. The summed E-state index contributed by atoms with van der Waals surface area (Å²) in [5.74, 6) is 0.205. The number of carbonyl (C=O) groups is 1. The van der Waals surface area contributed by atoms with Gasteiger partial charge < -0.3 is 4.90 Å². The summed E-state index contributed by atoms with van der Waals surface area (Å²) in [4.78, 5) is 13.2. The van der Waals surface area contributed by atoms with Gasteiger partial charge in [0, 0.05) is 12.7 Å². The van der Waals surface area contributed by atoms with Crippen molar-refractivity contribution in [2.24, 2.45) is 0 Å². The highest BCUT2D eigenvalue weighted by Gasteiger charge is 2.25. The third kappa shape index (κ3) is 1.13. The molecule has 2 heteroatoms. The Balaban J connectivity index is 2.55. The second-order valence-corrected chi connectivity index (χ2v) is 3.40. The molecule has 0 saturated heterocycles. The summed E-state index contributed by atoms with van der Waals surface area (Å²) in [7, 11) is 1.84. The normalized spacial score (nSPS) is 14.9. The molecule has 68 valence electrons. The van der Waals surface area contributed by atoms with Crippen molar-refractivity contribution in [2.75, 3.05) is 11.9 Å². The number of nitrogens with zero attached hydrogens (tertiary/aromatic N) is 1. The van der Waals surface area contributed by atoms with Gasteiger partial charge in [-0.1, -0.05) is 19.1 Å². The van der Waals surface area contributed by atoms with Gasteiger partial charge in [0.2, 0.25) is 5.91 Å². The van der Waals surface area contributed by atoms with Gasteiger partial charge in [0.05, 0.1) is 6.42 Å². The average Bonchev–Trinajstić information content (AvgIpc) is 2.43. The maximum absolute atomic E-state index is 11.4. The summed E-state index contributed by atoms with van der Waals surface area (Å²) in [6.07, 6.45) is 1.58. The quantitative estimate of drug-likeness (QED) is 0.637. The highest BCUT2D eigenvalue weighted by atomic mass is 16.2. The van der Waals surface area contributed by atoms with Gasteiger partial charge >= 0.3 is 0 Å². The Kier molecular flexibility index (Phi) is 1.83. The van der Waals surface area contributed by atoms with E-state index in [9.17, 15) is 4.79 Å². The first-order valence-electron chi connectivity index (χ1n) is 4.61. The molecule has 1 aromatic carbocycles. The Morgan fingerprint density at radius 2 is 2.23 bits per heavy atom. The van der Waals surface area contributed by atoms with Crippen molar-refractivity contribution >= 4 is 11.6 Å². The molecule has 0 saturated carbocycles. The molecule has 0 radical (unpaired) electrons. The molecule has 1 aromatic rings. The summed E-state index contributed by atoms with van der Waals surface area (Å²) in [6.45, 7) is 2.12. The predicted molar refractivity (Wildman–Crippen MR) is 52.9 cm³/mol. The van der Waals surface area contributed by atoms with Crippen LogP contribution < -0.4 is 4.90 Å². The lowest BCUT2D eigenvalue weighted by atomic mass is 10.0.